The monoisotopic (exact) mass is 376 g/mol. The number of hydrogen-bond acceptors (Lipinski definition) is 4. The SMILES string of the molecule is C.CCCC(Nc1cncc(-c2ccc(CN(C)C)cc2)n1)c1ccccc1. The molecule has 1 N–H and O–H groups in total. The minimum absolute atomic E-state index is 0. The average molecular weight is 377 g/mol. The first-order valence-corrected chi connectivity index (χ1v) is 9.53. The van der Waals surface area contributed by atoms with Crippen LogP contribution in [0.15, 0.2) is 67.0 Å². The zero-order chi connectivity index (χ0) is 19.1. The van der Waals surface area contributed by atoms with Gasteiger partial charge in [-0.3, -0.25) is 4.98 Å². The fraction of sp³-hybridized carbons (Fsp3) is 0.333. The summed E-state index contributed by atoms with van der Waals surface area (Å²) in [4.78, 5) is 11.4. The molecule has 4 nitrogen and oxygen atoms in total. The minimum Gasteiger partial charge on any atom is -0.362 e. The van der Waals surface area contributed by atoms with Crippen LogP contribution >= 0.6 is 0 Å². The maximum atomic E-state index is 4.80. The van der Waals surface area contributed by atoms with Crippen molar-refractivity contribution in [2.45, 2.75) is 39.8 Å². The van der Waals surface area contributed by atoms with Crippen LogP contribution in [0, 0.1) is 0 Å². The summed E-state index contributed by atoms with van der Waals surface area (Å²) in [5.74, 6) is 0.812. The lowest BCUT2D eigenvalue weighted by atomic mass is 10.0. The average Bonchev–Trinajstić information content (AvgIpc) is 2.69. The summed E-state index contributed by atoms with van der Waals surface area (Å²) in [6.45, 7) is 3.14. The molecule has 0 aliphatic heterocycles. The Morgan fingerprint density at radius 1 is 0.964 bits per heavy atom. The van der Waals surface area contributed by atoms with Crippen LogP contribution in [0.5, 0.6) is 0 Å². The Hall–Kier alpha value is -2.72. The van der Waals surface area contributed by atoms with Crippen LogP contribution in [0.2, 0.25) is 0 Å². The Morgan fingerprint density at radius 2 is 1.68 bits per heavy atom. The Kier molecular flexibility index (Phi) is 8.15. The van der Waals surface area contributed by atoms with Crippen molar-refractivity contribution < 1.29 is 0 Å². The van der Waals surface area contributed by atoms with E-state index in [1.165, 1.54) is 11.1 Å². The standard InChI is InChI=1S/C23H28N4.CH4/c1-4-8-21(19-9-6-5-7-10-19)25-23-16-24-15-22(26-23)20-13-11-18(12-14-20)17-27(2)3;/h5-7,9-16,21H,4,8,17H2,1-3H3,(H,25,26);1H4. The predicted octanol–water partition coefficient (Wildman–Crippen LogP) is 5.79. The summed E-state index contributed by atoms with van der Waals surface area (Å²) in [6.07, 6.45) is 5.78. The van der Waals surface area contributed by atoms with Gasteiger partial charge in [-0.25, -0.2) is 4.98 Å². The van der Waals surface area contributed by atoms with Crippen molar-refractivity contribution in [3.63, 3.8) is 0 Å². The maximum Gasteiger partial charge on any atom is 0.145 e. The van der Waals surface area contributed by atoms with Crippen molar-refractivity contribution in [3.8, 4) is 11.3 Å². The molecular formula is C24H32N4. The summed E-state index contributed by atoms with van der Waals surface area (Å²) in [7, 11) is 4.15. The molecule has 28 heavy (non-hydrogen) atoms. The lowest BCUT2D eigenvalue weighted by Gasteiger charge is -2.19. The van der Waals surface area contributed by atoms with E-state index >= 15 is 0 Å². The molecule has 4 heteroatoms. The molecule has 0 fully saturated rings. The van der Waals surface area contributed by atoms with Gasteiger partial charge >= 0.3 is 0 Å². The molecule has 1 atom stereocenters. The molecule has 0 radical (unpaired) electrons. The molecule has 1 aromatic heterocycles. The second-order valence-electron chi connectivity index (χ2n) is 7.12. The highest BCUT2D eigenvalue weighted by atomic mass is 15.0. The molecule has 2 aromatic carbocycles. The van der Waals surface area contributed by atoms with E-state index in [4.69, 9.17) is 4.98 Å². The number of nitrogens with zero attached hydrogens (tertiary/aromatic N) is 3. The molecule has 1 unspecified atom stereocenters. The van der Waals surface area contributed by atoms with Crippen molar-refractivity contribution in [2.24, 2.45) is 0 Å². The second kappa shape index (κ2) is 10.6. The third kappa shape index (κ3) is 5.89. The first-order valence-electron chi connectivity index (χ1n) is 9.53. The number of benzene rings is 2. The van der Waals surface area contributed by atoms with Gasteiger partial charge in [0, 0.05) is 12.1 Å². The molecule has 0 saturated heterocycles. The smallest absolute Gasteiger partial charge is 0.145 e. The van der Waals surface area contributed by atoms with Crippen molar-refractivity contribution in [2.75, 3.05) is 19.4 Å². The number of hydrogen-bond donors (Lipinski definition) is 1. The van der Waals surface area contributed by atoms with E-state index < -0.39 is 0 Å². The van der Waals surface area contributed by atoms with Gasteiger partial charge in [-0.2, -0.15) is 0 Å². The van der Waals surface area contributed by atoms with Gasteiger partial charge < -0.3 is 10.2 Å². The molecule has 0 saturated carbocycles. The topological polar surface area (TPSA) is 41.1 Å². The Morgan fingerprint density at radius 3 is 2.32 bits per heavy atom. The van der Waals surface area contributed by atoms with Gasteiger partial charge in [0.05, 0.1) is 24.1 Å². The molecule has 0 bridgehead atoms. The highest BCUT2D eigenvalue weighted by Crippen LogP contribution is 2.24. The van der Waals surface area contributed by atoms with Gasteiger partial charge in [0.1, 0.15) is 5.82 Å². The zero-order valence-corrected chi connectivity index (χ0v) is 16.4. The third-order valence-corrected chi connectivity index (χ3v) is 4.48. The highest BCUT2D eigenvalue weighted by molar-refractivity contribution is 5.60. The van der Waals surface area contributed by atoms with E-state index in [1.54, 1.807) is 6.20 Å². The lowest BCUT2D eigenvalue weighted by molar-refractivity contribution is 0.402. The molecule has 0 aliphatic rings. The normalized spacial score (nSPS) is 11.7. The highest BCUT2D eigenvalue weighted by Gasteiger charge is 2.11. The number of nitrogens with one attached hydrogen (secondary N) is 1. The quantitative estimate of drug-likeness (QED) is 0.540. The number of anilines is 1. The zero-order valence-electron chi connectivity index (χ0n) is 16.4. The lowest BCUT2D eigenvalue weighted by Crippen LogP contribution is -2.12. The van der Waals surface area contributed by atoms with Crippen molar-refractivity contribution in [3.05, 3.63) is 78.1 Å². The predicted molar refractivity (Wildman–Crippen MR) is 119 cm³/mol. The second-order valence-corrected chi connectivity index (χ2v) is 7.12. The minimum atomic E-state index is 0. The Bertz CT molecular complexity index is 829. The molecule has 0 spiro atoms. The Labute approximate surface area is 169 Å². The van der Waals surface area contributed by atoms with Crippen LogP contribution in [0.1, 0.15) is 44.4 Å². The van der Waals surface area contributed by atoms with E-state index in [2.05, 4.69) is 84.8 Å². The van der Waals surface area contributed by atoms with Crippen molar-refractivity contribution >= 4 is 5.82 Å². The van der Waals surface area contributed by atoms with E-state index in [1.807, 2.05) is 12.3 Å². The summed E-state index contributed by atoms with van der Waals surface area (Å²) in [5, 5.41) is 3.56. The summed E-state index contributed by atoms with van der Waals surface area (Å²) < 4.78 is 0. The molecule has 148 valence electrons. The summed E-state index contributed by atoms with van der Waals surface area (Å²) >= 11 is 0. The van der Waals surface area contributed by atoms with Crippen LogP contribution in [-0.4, -0.2) is 29.0 Å². The van der Waals surface area contributed by atoms with Crippen LogP contribution < -0.4 is 5.32 Å². The van der Waals surface area contributed by atoms with Gasteiger partial charge in [-0.1, -0.05) is 75.4 Å². The number of aromatic nitrogens is 2. The first-order chi connectivity index (χ1) is 13.2. The van der Waals surface area contributed by atoms with E-state index in [0.717, 1.165) is 36.5 Å². The third-order valence-electron chi connectivity index (χ3n) is 4.48. The molecule has 3 rings (SSSR count). The van der Waals surface area contributed by atoms with Crippen LogP contribution in [0.4, 0.5) is 5.82 Å². The van der Waals surface area contributed by atoms with Crippen molar-refractivity contribution in [1.82, 2.24) is 14.9 Å². The number of rotatable bonds is 8. The van der Waals surface area contributed by atoms with Gasteiger partial charge in [0.2, 0.25) is 0 Å². The van der Waals surface area contributed by atoms with Crippen LogP contribution in [0.3, 0.4) is 0 Å². The van der Waals surface area contributed by atoms with Gasteiger partial charge in [-0.15, -0.1) is 0 Å². The van der Waals surface area contributed by atoms with Gasteiger partial charge in [0.25, 0.3) is 0 Å². The summed E-state index contributed by atoms with van der Waals surface area (Å²) in [6, 6.07) is 19.3. The maximum absolute atomic E-state index is 4.80. The van der Waals surface area contributed by atoms with Crippen LogP contribution in [-0.2, 0) is 6.54 Å². The summed E-state index contributed by atoms with van der Waals surface area (Å²) in [5.41, 5.74) is 4.54. The first kappa shape index (κ1) is 21.6. The van der Waals surface area contributed by atoms with E-state index in [9.17, 15) is 0 Å². The van der Waals surface area contributed by atoms with Gasteiger partial charge in [-0.05, 0) is 31.6 Å². The van der Waals surface area contributed by atoms with E-state index in [0.29, 0.717) is 0 Å². The molecule has 3 aromatic rings. The molecule has 1 heterocycles. The largest absolute Gasteiger partial charge is 0.362 e. The van der Waals surface area contributed by atoms with Crippen LogP contribution in [0.25, 0.3) is 11.3 Å². The van der Waals surface area contributed by atoms with Crippen molar-refractivity contribution in [1.29, 1.82) is 0 Å². The fourth-order valence-electron chi connectivity index (χ4n) is 3.20. The molecular weight excluding hydrogens is 344 g/mol. The molecule has 0 amide bonds. The van der Waals surface area contributed by atoms with Gasteiger partial charge in [0.15, 0.2) is 0 Å². The van der Waals surface area contributed by atoms with E-state index in [-0.39, 0.29) is 13.5 Å². The molecule has 0 aliphatic carbocycles. The fourth-order valence-corrected chi connectivity index (χ4v) is 3.20. The Balaban J connectivity index is 0.00000280.